The van der Waals surface area contributed by atoms with E-state index in [0.717, 1.165) is 0 Å². The van der Waals surface area contributed by atoms with E-state index in [4.69, 9.17) is 30.8 Å². The van der Waals surface area contributed by atoms with Gasteiger partial charge in [-0.1, -0.05) is 20.8 Å². The Morgan fingerprint density at radius 2 is 1.65 bits per heavy atom. The van der Waals surface area contributed by atoms with Crippen molar-refractivity contribution >= 4 is 28.8 Å². The van der Waals surface area contributed by atoms with Crippen molar-refractivity contribution in [3.63, 3.8) is 0 Å². The molecule has 0 amide bonds. The largest absolute Gasteiger partial charge is 0.456 e. The molecular formula is C15H23ClO7. The Bertz CT molecular complexity index is 489. The lowest BCUT2D eigenvalue weighted by molar-refractivity contribution is -0.170. The minimum Gasteiger partial charge on any atom is -0.456 e. The topological polar surface area (TPSA) is 94.7 Å². The zero-order valence-electron chi connectivity index (χ0n) is 14.2. The van der Waals surface area contributed by atoms with Gasteiger partial charge in [0, 0.05) is 12.8 Å². The van der Waals surface area contributed by atoms with Crippen LogP contribution in [0, 0.1) is 5.41 Å². The molecule has 132 valence electrons. The molecule has 1 aliphatic heterocycles. The summed E-state index contributed by atoms with van der Waals surface area (Å²) in [6.45, 7) is 10.7. The third kappa shape index (κ3) is 6.45. The van der Waals surface area contributed by atoms with Crippen molar-refractivity contribution in [2.45, 2.75) is 71.9 Å². The first-order chi connectivity index (χ1) is 10.3. The number of rotatable bonds is 7. The highest BCUT2D eigenvalue weighted by Gasteiger charge is 2.61. The van der Waals surface area contributed by atoms with E-state index >= 15 is 0 Å². The molecule has 0 aromatic rings. The Kier molecular flexibility index (Phi) is 5.83. The normalized spacial score (nSPS) is 18.0. The van der Waals surface area contributed by atoms with E-state index in [-0.39, 0.29) is 11.8 Å². The summed E-state index contributed by atoms with van der Waals surface area (Å²) in [4.78, 5) is 43.8. The number of ether oxygens (including phenoxy) is 2. The SMILES string of the molecule is CC(CC(C)(C)OC(=O)C1(CC(C)(C)C)OO1)OC(=O)C(=O)Cl. The molecule has 0 saturated carbocycles. The molecule has 8 heteroatoms. The Hall–Kier alpha value is -1.18. The molecular weight excluding hydrogens is 328 g/mol. The maximum atomic E-state index is 12.3. The quantitative estimate of drug-likeness (QED) is 0.229. The average Bonchev–Trinajstić information content (AvgIpc) is 3.05. The number of hydrogen-bond acceptors (Lipinski definition) is 7. The standard InChI is InChI=1S/C15H23ClO7/c1-9(20-11(18)10(16)17)7-14(5,6)21-12(19)15(22-23-15)8-13(2,3)4/h9H,7-8H2,1-6H3. The van der Waals surface area contributed by atoms with Gasteiger partial charge in [-0.25, -0.2) is 9.59 Å². The molecule has 0 bridgehead atoms. The molecule has 1 unspecified atom stereocenters. The molecule has 0 N–H and O–H groups in total. The van der Waals surface area contributed by atoms with Gasteiger partial charge in [0.2, 0.25) is 0 Å². The molecule has 0 aromatic heterocycles. The molecule has 23 heavy (non-hydrogen) atoms. The lowest BCUT2D eigenvalue weighted by atomic mass is 9.88. The van der Waals surface area contributed by atoms with E-state index in [1.165, 1.54) is 0 Å². The second kappa shape index (κ2) is 6.75. The van der Waals surface area contributed by atoms with Crippen molar-refractivity contribution in [3.05, 3.63) is 0 Å². The maximum absolute atomic E-state index is 12.3. The Balaban J connectivity index is 2.59. The van der Waals surface area contributed by atoms with E-state index in [0.29, 0.717) is 6.42 Å². The van der Waals surface area contributed by atoms with Crippen LogP contribution in [0.4, 0.5) is 0 Å². The molecule has 0 spiro atoms. The van der Waals surface area contributed by atoms with Crippen LogP contribution in [0.15, 0.2) is 0 Å². The Morgan fingerprint density at radius 3 is 2.04 bits per heavy atom. The molecule has 1 atom stereocenters. The van der Waals surface area contributed by atoms with Crippen molar-refractivity contribution in [1.29, 1.82) is 0 Å². The molecule has 1 rings (SSSR count). The minimum absolute atomic E-state index is 0.181. The predicted octanol–water partition coefficient (Wildman–Crippen LogP) is 2.49. The Morgan fingerprint density at radius 1 is 1.13 bits per heavy atom. The van der Waals surface area contributed by atoms with E-state index in [9.17, 15) is 14.4 Å². The highest BCUT2D eigenvalue weighted by molar-refractivity contribution is 6.80. The third-order valence-corrected chi connectivity index (χ3v) is 3.13. The molecule has 7 nitrogen and oxygen atoms in total. The zero-order chi connectivity index (χ0) is 18.1. The predicted molar refractivity (Wildman–Crippen MR) is 80.2 cm³/mol. The number of carbonyl (C=O) groups excluding carboxylic acids is 3. The smallest absolute Gasteiger partial charge is 0.391 e. The van der Waals surface area contributed by atoms with Crippen LogP contribution in [0.5, 0.6) is 0 Å². The molecule has 1 fully saturated rings. The van der Waals surface area contributed by atoms with Gasteiger partial charge in [0.1, 0.15) is 11.7 Å². The highest BCUT2D eigenvalue weighted by Crippen LogP contribution is 2.42. The van der Waals surface area contributed by atoms with Crippen LogP contribution in [0.25, 0.3) is 0 Å². The first-order valence-electron chi connectivity index (χ1n) is 7.27. The fourth-order valence-electron chi connectivity index (χ4n) is 2.28. The molecule has 0 aromatic carbocycles. The van der Waals surface area contributed by atoms with E-state index in [1.807, 2.05) is 20.8 Å². The summed E-state index contributed by atoms with van der Waals surface area (Å²) in [6.07, 6.45) is -0.131. The minimum atomic E-state index is -1.37. The Labute approximate surface area is 140 Å². The van der Waals surface area contributed by atoms with Crippen LogP contribution in [0.1, 0.15) is 54.4 Å². The van der Waals surface area contributed by atoms with Crippen LogP contribution >= 0.6 is 11.6 Å². The van der Waals surface area contributed by atoms with Crippen LogP contribution in [-0.4, -0.2) is 34.7 Å². The summed E-state index contributed by atoms with van der Waals surface area (Å²) in [6, 6.07) is 0. The van der Waals surface area contributed by atoms with Crippen molar-refractivity contribution in [1.82, 2.24) is 0 Å². The second-order valence-corrected chi connectivity index (χ2v) is 7.84. The van der Waals surface area contributed by atoms with Gasteiger partial charge < -0.3 is 9.47 Å². The molecule has 1 heterocycles. The first-order valence-corrected chi connectivity index (χ1v) is 7.65. The van der Waals surface area contributed by atoms with Crippen LogP contribution in [0.2, 0.25) is 0 Å². The van der Waals surface area contributed by atoms with Crippen molar-refractivity contribution in [3.8, 4) is 0 Å². The van der Waals surface area contributed by atoms with Crippen molar-refractivity contribution in [2.24, 2.45) is 5.41 Å². The van der Waals surface area contributed by atoms with E-state index < -0.39 is 34.7 Å². The number of esters is 2. The first kappa shape index (κ1) is 19.9. The molecule has 0 radical (unpaired) electrons. The van der Waals surface area contributed by atoms with Gasteiger partial charge in [-0.3, -0.25) is 4.79 Å². The van der Waals surface area contributed by atoms with Gasteiger partial charge in [-0.2, -0.15) is 9.78 Å². The number of hydrogen-bond donors (Lipinski definition) is 0. The second-order valence-electron chi connectivity index (χ2n) is 7.50. The summed E-state index contributed by atoms with van der Waals surface area (Å²) in [5, 5.41) is -1.20. The average molecular weight is 351 g/mol. The van der Waals surface area contributed by atoms with E-state index in [2.05, 4.69) is 0 Å². The zero-order valence-corrected chi connectivity index (χ0v) is 15.0. The van der Waals surface area contributed by atoms with Crippen molar-refractivity contribution < 1.29 is 33.6 Å². The fraction of sp³-hybridized carbons (Fsp3) is 0.800. The summed E-state index contributed by atoms with van der Waals surface area (Å²) in [5.74, 6) is -3.15. The monoisotopic (exact) mass is 350 g/mol. The van der Waals surface area contributed by atoms with Gasteiger partial charge >= 0.3 is 23.0 Å². The molecule has 1 aliphatic rings. The summed E-state index contributed by atoms with van der Waals surface area (Å²) >= 11 is 5.03. The number of halogens is 1. The van der Waals surface area contributed by atoms with Gasteiger partial charge in [-0.15, -0.1) is 0 Å². The maximum Gasteiger partial charge on any atom is 0.391 e. The van der Waals surface area contributed by atoms with Gasteiger partial charge in [-0.05, 0) is 37.8 Å². The third-order valence-electron chi connectivity index (χ3n) is 2.98. The van der Waals surface area contributed by atoms with Crippen LogP contribution < -0.4 is 0 Å². The van der Waals surface area contributed by atoms with E-state index in [1.54, 1.807) is 20.8 Å². The lowest BCUT2D eigenvalue weighted by Gasteiger charge is -2.29. The summed E-state index contributed by atoms with van der Waals surface area (Å²) in [7, 11) is 0. The van der Waals surface area contributed by atoms with Crippen molar-refractivity contribution in [2.75, 3.05) is 0 Å². The fourth-order valence-corrected chi connectivity index (χ4v) is 2.33. The lowest BCUT2D eigenvalue weighted by Crippen LogP contribution is -2.40. The van der Waals surface area contributed by atoms with Gasteiger partial charge in [0.15, 0.2) is 0 Å². The summed E-state index contributed by atoms with van der Waals surface area (Å²) in [5.41, 5.74) is -1.14. The highest BCUT2D eigenvalue weighted by atomic mass is 35.5. The van der Waals surface area contributed by atoms with Gasteiger partial charge in [0.25, 0.3) is 0 Å². The van der Waals surface area contributed by atoms with Crippen LogP contribution in [-0.2, 0) is 33.6 Å². The molecule has 1 saturated heterocycles. The van der Waals surface area contributed by atoms with Gasteiger partial charge in [0.05, 0.1) is 0 Å². The summed E-state index contributed by atoms with van der Waals surface area (Å²) < 4.78 is 10.3. The van der Waals surface area contributed by atoms with Crippen LogP contribution in [0.3, 0.4) is 0 Å². The molecule has 0 aliphatic carbocycles. The number of carbonyl (C=O) groups is 3.